The Hall–Kier alpha value is -4.68. The van der Waals surface area contributed by atoms with E-state index in [1.807, 2.05) is 30.5 Å². The van der Waals surface area contributed by atoms with Gasteiger partial charge in [0.2, 0.25) is 17.6 Å². The molecule has 12 heteroatoms. The maximum Gasteiger partial charge on any atom is 0.247 e. The van der Waals surface area contributed by atoms with Crippen LogP contribution in [0.15, 0.2) is 60.8 Å². The van der Waals surface area contributed by atoms with Crippen LogP contribution in [0.3, 0.4) is 0 Å². The van der Waals surface area contributed by atoms with Crippen LogP contribution < -0.4 is 21.3 Å². The number of nitrogens with two attached hydrogens (primary N) is 1. The third-order valence-electron chi connectivity index (χ3n) is 9.08. The molecule has 1 aliphatic carbocycles. The molecular formula is C34H41N9O3. The van der Waals surface area contributed by atoms with Crippen LogP contribution in [-0.2, 0) is 20.7 Å². The molecule has 240 valence electrons. The number of tetrazole rings is 1. The molecule has 1 saturated carbocycles. The molecule has 0 unspecified atom stereocenters. The Bertz CT molecular complexity index is 1600. The fourth-order valence-corrected chi connectivity index (χ4v) is 6.24. The molecule has 0 radical (unpaired) electrons. The molecule has 0 bridgehead atoms. The summed E-state index contributed by atoms with van der Waals surface area (Å²) < 4.78 is 5.48. The fraction of sp³-hybridized carbons (Fsp3) is 0.412. The van der Waals surface area contributed by atoms with E-state index in [2.05, 4.69) is 61.3 Å². The van der Waals surface area contributed by atoms with Gasteiger partial charge in [-0.2, -0.15) is 5.21 Å². The first-order valence-electron chi connectivity index (χ1n) is 16.0. The highest BCUT2D eigenvalue weighted by Crippen LogP contribution is 2.29. The number of anilines is 2. The second kappa shape index (κ2) is 14.6. The lowest BCUT2D eigenvalue weighted by atomic mass is 9.81. The monoisotopic (exact) mass is 623 g/mol. The summed E-state index contributed by atoms with van der Waals surface area (Å²) in [7, 11) is 0. The second-order valence-corrected chi connectivity index (χ2v) is 12.2. The average Bonchev–Trinajstić information content (AvgIpc) is 3.64. The number of morpholine rings is 1. The topological polar surface area (TPSA) is 164 Å². The number of carbonyl (C=O) groups is 2. The molecule has 2 aromatic carbocycles. The quantitative estimate of drug-likeness (QED) is 0.207. The maximum absolute atomic E-state index is 13.6. The highest BCUT2D eigenvalue weighted by atomic mass is 16.5. The number of benzene rings is 2. The van der Waals surface area contributed by atoms with E-state index in [0.717, 1.165) is 72.4 Å². The molecule has 5 N–H and O–H groups in total. The maximum atomic E-state index is 13.6. The second-order valence-electron chi connectivity index (χ2n) is 12.2. The molecule has 2 aliphatic rings. The zero-order valence-electron chi connectivity index (χ0n) is 26.1. The minimum atomic E-state index is -0.751. The fourth-order valence-electron chi connectivity index (χ4n) is 6.24. The minimum absolute atomic E-state index is 0.0817. The van der Waals surface area contributed by atoms with Crippen LogP contribution in [0, 0.1) is 18.8 Å². The van der Waals surface area contributed by atoms with E-state index in [0.29, 0.717) is 43.6 Å². The van der Waals surface area contributed by atoms with Gasteiger partial charge in [-0.3, -0.25) is 9.59 Å². The number of hydrogen-bond donors (Lipinski definition) is 4. The number of ether oxygens (including phenoxy) is 1. The Morgan fingerprint density at radius 3 is 2.39 bits per heavy atom. The lowest BCUT2D eigenvalue weighted by Gasteiger charge is -2.28. The summed E-state index contributed by atoms with van der Waals surface area (Å²) in [6.07, 6.45) is 5.71. The van der Waals surface area contributed by atoms with E-state index in [4.69, 9.17) is 15.5 Å². The SMILES string of the molecule is Cc1cc(N2CCOCC2)ncc1-c1ccc(C[C@H](NC(=O)C2CCC(CN)CC2)C(=O)Nc2ccc(-c3nn[nH]n3)cc2)cc1. The number of hydrogen-bond acceptors (Lipinski definition) is 9. The van der Waals surface area contributed by atoms with Crippen molar-refractivity contribution in [1.82, 2.24) is 30.9 Å². The third kappa shape index (κ3) is 7.57. The van der Waals surface area contributed by atoms with Gasteiger partial charge in [-0.05, 0) is 97.3 Å². The summed E-state index contributed by atoms with van der Waals surface area (Å²) in [5.41, 5.74) is 11.4. The van der Waals surface area contributed by atoms with Crippen molar-refractivity contribution in [3.05, 3.63) is 71.9 Å². The molecule has 46 heavy (non-hydrogen) atoms. The largest absolute Gasteiger partial charge is 0.378 e. The normalized spacial score (nSPS) is 19.0. The Labute approximate surface area is 268 Å². The van der Waals surface area contributed by atoms with Crippen molar-refractivity contribution >= 4 is 23.3 Å². The van der Waals surface area contributed by atoms with Gasteiger partial charge in [-0.1, -0.05) is 24.3 Å². The molecule has 0 spiro atoms. The lowest BCUT2D eigenvalue weighted by molar-refractivity contribution is -0.130. The molecule has 2 fully saturated rings. The standard InChI is InChI=1S/C34H41N9O3/c1-22-18-31(43-14-16-46-17-15-43)36-21-29(22)25-6-2-23(3-7-25)19-30(38-33(44)27-8-4-24(20-35)5-9-27)34(45)37-28-12-10-26(11-13-28)32-39-41-42-40-32/h2-3,6-7,10-13,18,21,24,27,30H,4-5,8-9,14-17,19-20,35H2,1H3,(H,37,45)(H,38,44)(H,39,40,41,42)/t24?,27?,30-/m0/s1. The van der Waals surface area contributed by atoms with E-state index in [-0.39, 0.29) is 17.7 Å². The van der Waals surface area contributed by atoms with Gasteiger partial charge < -0.3 is 26.0 Å². The van der Waals surface area contributed by atoms with Gasteiger partial charge >= 0.3 is 0 Å². The number of nitrogens with one attached hydrogen (secondary N) is 3. The van der Waals surface area contributed by atoms with Crippen molar-refractivity contribution in [2.75, 3.05) is 43.1 Å². The van der Waals surface area contributed by atoms with Crippen molar-refractivity contribution < 1.29 is 14.3 Å². The Kier molecular flexibility index (Phi) is 9.94. The van der Waals surface area contributed by atoms with Crippen LogP contribution in [0.5, 0.6) is 0 Å². The van der Waals surface area contributed by atoms with Gasteiger partial charge in [0.15, 0.2) is 0 Å². The van der Waals surface area contributed by atoms with E-state index in [9.17, 15) is 9.59 Å². The summed E-state index contributed by atoms with van der Waals surface area (Å²) in [5.74, 6) is 1.42. The molecule has 1 saturated heterocycles. The third-order valence-corrected chi connectivity index (χ3v) is 9.08. The van der Waals surface area contributed by atoms with E-state index >= 15 is 0 Å². The predicted octanol–water partition coefficient (Wildman–Crippen LogP) is 3.50. The van der Waals surface area contributed by atoms with Crippen molar-refractivity contribution in [2.24, 2.45) is 17.6 Å². The van der Waals surface area contributed by atoms with E-state index in [1.54, 1.807) is 12.1 Å². The highest BCUT2D eigenvalue weighted by molar-refractivity contribution is 5.97. The number of amides is 2. The Balaban J connectivity index is 1.16. The van der Waals surface area contributed by atoms with Gasteiger partial charge in [-0.25, -0.2) is 4.98 Å². The smallest absolute Gasteiger partial charge is 0.247 e. The van der Waals surface area contributed by atoms with Crippen molar-refractivity contribution in [2.45, 2.75) is 45.1 Å². The van der Waals surface area contributed by atoms with Gasteiger partial charge in [0.1, 0.15) is 11.9 Å². The first-order chi connectivity index (χ1) is 22.5. The van der Waals surface area contributed by atoms with Crippen LogP contribution in [0.2, 0.25) is 0 Å². The number of rotatable bonds is 10. The van der Waals surface area contributed by atoms with Crippen LogP contribution in [0.25, 0.3) is 22.5 Å². The lowest BCUT2D eigenvalue weighted by Crippen LogP contribution is -2.48. The predicted molar refractivity (Wildman–Crippen MR) is 176 cm³/mol. The van der Waals surface area contributed by atoms with Crippen LogP contribution in [0.4, 0.5) is 11.5 Å². The van der Waals surface area contributed by atoms with Gasteiger partial charge in [0, 0.05) is 48.4 Å². The van der Waals surface area contributed by atoms with Crippen molar-refractivity contribution in [3.63, 3.8) is 0 Å². The molecule has 6 rings (SSSR count). The van der Waals surface area contributed by atoms with Crippen molar-refractivity contribution in [1.29, 1.82) is 0 Å². The number of nitrogens with zero attached hydrogens (tertiary/aromatic N) is 5. The number of H-pyrrole nitrogens is 1. The van der Waals surface area contributed by atoms with Crippen molar-refractivity contribution in [3.8, 4) is 22.5 Å². The highest BCUT2D eigenvalue weighted by Gasteiger charge is 2.29. The minimum Gasteiger partial charge on any atom is -0.378 e. The Morgan fingerprint density at radius 1 is 1.02 bits per heavy atom. The van der Waals surface area contributed by atoms with Gasteiger partial charge in [0.25, 0.3) is 0 Å². The number of aromatic nitrogens is 5. The number of carbonyl (C=O) groups excluding carboxylic acids is 2. The molecule has 3 heterocycles. The number of pyridine rings is 1. The molecule has 2 amide bonds. The van der Waals surface area contributed by atoms with E-state index in [1.165, 1.54) is 0 Å². The first kappa shape index (κ1) is 31.3. The molecular weight excluding hydrogens is 582 g/mol. The van der Waals surface area contributed by atoms with Crippen LogP contribution in [0.1, 0.15) is 36.8 Å². The number of aromatic amines is 1. The van der Waals surface area contributed by atoms with E-state index < -0.39 is 6.04 Å². The summed E-state index contributed by atoms with van der Waals surface area (Å²) in [6, 6.07) is 16.7. The summed E-state index contributed by atoms with van der Waals surface area (Å²) in [6.45, 7) is 5.85. The molecule has 1 aliphatic heterocycles. The molecule has 2 aromatic heterocycles. The summed E-state index contributed by atoms with van der Waals surface area (Å²) >= 11 is 0. The Morgan fingerprint density at radius 2 is 1.74 bits per heavy atom. The number of aryl methyl sites for hydroxylation is 1. The molecule has 1 atom stereocenters. The van der Waals surface area contributed by atoms with Crippen LogP contribution >= 0.6 is 0 Å². The zero-order chi connectivity index (χ0) is 31.9. The van der Waals surface area contributed by atoms with Gasteiger partial charge in [-0.15, -0.1) is 10.2 Å². The van der Waals surface area contributed by atoms with Crippen LogP contribution in [-0.4, -0.2) is 76.3 Å². The van der Waals surface area contributed by atoms with Gasteiger partial charge in [0.05, 0.1) is 13.2 Å². The zero-order valence-corrected chi connectivity index (χ0v) is 26.1. The molecule has 12 nitrogen and oxygen atoms in total. The summed E-state index contributed by atoms with van der Waals surface area (Å²) in [4.78, 5) is 34.0. The molecule has 4 aromatic rings. The summed E-state index contributed by atoms with van der Waals surface area (Å²) in [5, 5.41) is 20.1. The average molecular weight is 624 g/mol. The first-order valence-corrected chi connectivity index (χ1v) is 16.0.